The van der Waals surface area contributed by atoms with E-state index in [-0.39, 0.29) is 0 Å². The third-order valence-corrected chi connectivity index (χ3v) is 5.12. The van der Waals surface area contributed by atoms with Crippen LogP contribution >= 0.6 is 11.6 Å². The predicted molar refractivity (Wildman–Crippen MR) is 96.6 cm³/mol. The van der Waals surface area contributed by atoms with Crippen molar-refractivity contribution in [3.63, 3.8) is 0 Å². The molecule has 0 spiro atoms. The molecule has 0 radical (unpaired) electrons. The number of fused-ring (bicyclic) bond motifs is 1. The van der Waals surface area contributed by atoms with Gasteiger partial charge in [0.1, 0.15) is 10.7 Å². The van der Waals surface area contributed by atoms with Crippen LogP contribution in [-0.2, 0) is 0 Å². The molecule has 4 aromatic rings. The fraction of sp³-hybridized carbons (Fsp3) is 0.278. The molecule has 1 saturated carbocycles. The molecule has 5 rings (SSSR count). The summed E-state index contributed by atoms with van der Waals surface area (Å²) >= 11 is 6.10. The SMILES string of the molecule is Clc1ncccc1-c1noc(-c2ccc3c(c2)nnn3C2CCCC2)n1. The van der Waals surface area contributed by atoms with Crippen molar-refractivity contribution in [1.29, 1.82) is 0 Å². The summed E-state index contributed by atoms with van der Waals surface area (Å²) in [6.07, 6.45) is 6.46. The van der Waals surface area contributed by atoms with E-state index in [2.05, 4.69) is 25.4 Å². The van der Waals surface area contributed by atoms with E-state index in [4.69, 9.17) is 16.1 Å². The number of hydrogen-bond acceptors (Lipinski definition) is 6. The molecular weight excluding hydrogens is 352 g/mol. The van der Waals surface area contributed by atoms with Crippen molar-refractivity contribution in [3.8, 4) is 22.8 Å². The number of rotatable bonds is 3. The smallest absolute Gasteiger partial charge is 0.258 e. The maximum Gasteiger partial charge on any atom is 0.258 e. The fourth-order valence-electron chi connectivity index (χ4n) is 3.50. The number of aromatic nitrogens is 6. The lowest BCUT2D eigenvalue weighted by molar-refractivity contribution is 0.432. The van der Waals surface area contributed by atoms with Crippen molar-refractivity contribution in [3.05, 3.63) is 41.7 Å². The minimum Gasteiger partial charge on any atom is -0.334 e. The Kier molecular flexibility index (Phi) is 3.67. The first-order valence-corrected chi connectivity index (χ1v) is 8.97. The summed E-state index contributed by atoms with van der Waals surface area (Å²) in [5.41, 5.74) is 3.30. The molecule has 1 fully saturated rings. The van der Waals surface area contributed by atoms with Crippen LogP contribution in [0.1, 0.15) is 31.7 Å². The van der Waals surface area contributed by atoms with E-state index in [1.54, 1.807) is 18.3 Å². The van der Waals surface area contributed by atoms with Crippen molar-refractivity contribution in [1.82, 2.24) is 30.1 Å². The molecular formula is C18H15ClN6O. The van der Waals surface area contributed by atoms with Crippen molar-refractivity contribution >= 4 is 22.6 Å². The normalized spacial score (nSPS) is 15.1. The monoisotopic (exact) mass is 366 g/mol. The van der Waals surface area contributed by atoms with Crippen molar-refractivity contribution < 1.29 is 4.52 Å². The zero-order chi connectivity index (χ0) is 17.5. The van der Waals surface area contributed by atoms with Gasteiger partial charge in [-0.05, 0) is 43.2 Å². The highest BCUT2D eigenvalue weighted by atomic mass is 35.5. The minimum absolute atomic E-state index is 0.342. The maximum atomic E-state index is 6.10. The van der Waals surface area contributed by atoms with Crippen LogP contribution in [0.3, 0.4) is 0 Å². The largest absolute Gasteiger partial charge is 0.334 e. The Labute approximate surface area is 154 Å². The third-order valence-electron chi connectivity index (χ3n) is 4.81. The average Bonchev–Trinajstić information content (AvgIpc) is 3.41. The number of nitrogens with zero attached hydrogens (tertiary/aromatic N) is 6. The first-order chi connectivity index (χ1) is 12.8. The van der Waals surface area contributed by atoms with Crippen molar-refractivity contribution in [2.24, 2.45) is 0 Å². The van der Waals surface area contributed by atoms with E-state index in [1.165, 1.54) is 25.7 Å². The first-order valence-electron chi connectivity index (χ1n) is 8.59. The van der Waals surface area contributed by atoms with Gasteiger partial charge in [0.2, 0.25) is 5.82 Å². The van der Waals surface area contributed by atoms with Gasteiger partial charge in [-0.1, -0.05) is 34.8 Å². The van der Waals surface area contributed by atoms with Crippen LogP contribution in [0, 0.1) is 0 Å². The molecule has 1 aromatic carbocycles. The lowest BCUT2D eigenvalue weighted by Gasteiger charge is -2.09. The van der Waals surface area contributed by atoms with Gasteiger partial charge in [0.15, 0.2) is 0 Å². The fourth-order valence-corrected chi connectivity index (χ4v) is 3.70. The topological polar surface area (TPSA) is 82.5 Å². The van der Waals surface area contributed by atoms with Crippen LogP contribution in [0.15, 0.2) is 41.1 Å². The van der Waals surface area contributed by atoms with Gasteiger partial charge in [0, 0.05) is 11.8 Å². The zero-order valence-electron chi connectivity index (χ0n) is 13.8. The van der Waals surface area contributed by atoms with Crippen LogP contribution in [0.5, 0.6) is 0 Å². The van der Waals surface area contributed by atoms with Crippen LogP contribution in [0.4, 0.5) is 0 Å². The van der Waals surface area contributed by atoms with E-state index in [1.807, 2.05) is 22.9 Å². The van der Waals surface area contributed by atoms with E-state index >= 15 is 0 Å². The first kappa shape index (κ1) is 15.5. The summed E-state index contributed by atoms with van der Waals surface area (Å²) < 4.78 is 7.46. The molecule has 3 heterocycles. The Morgan fingerprint density at radius 3 is 2.88 bits per heavy atom. The lowest BCUT2D eigenvalue weighted by atomic mass is 10.2. The van der Waals surface area contributed by atoms with E-state index in [0.29, 0.717) is 28.5 Å². The van der Waals surface area contributed by atoms with Gasteiger partial charge in [0.05, 0.1) is 17.1 Å². The van der Waals surface area contributed by atoms with Gasteiger partial charge in [0.25, 0.3) is 5.89 Å². The lowest BCUT2D eigenvalue weighted by Crippen LogP contribution is -2.06. The molecule has 26 heavy (non-hydrogen) atoms. The number of benzene rings is 1. The van der Waals surface area contributed by atoms with E-state index in [0.717, 1.165) is 16.6 Å². The number of halogens is 1. The highest BCUT2D eigenvalue weighted by molar-refractivity contribution is 6.31. The van der Waals surface area contributed by atoms with Gasteiger partial charge in [-0.2, -0.15) is 4.98 Å². The Balaban J connectivity index is 1.51. The molecule has 0 saturated heterocycles. The zero-order valence-corrected chi connectivity index (χ0v) is 14.6. The Morgan fingerprint density at radius 2 is 2.04 bits per heavy atom. The number of pyridine rings is 1. The molecule has 3 aromatic heterocycles. The second-order valence-corrected chi connectivity index (χ2v) is 6.80. The van der Waals surface area contributed by atoms with Gasteiger partial charge < -0.3 is 4.52 Å². The van der Waals surface area contributed by atoms with Crippen LogP contribution in [0.2, 0.25) is 5.15 Å². The molecule has 7 nitrogen and oxygen atoms in total. The van der Waals surface area contributed by atoms with Gasteiger partial charge in [-0.15, -0.1) is 5.10 Å². The van der Waals surface area contributed by atoms with Crippen molar-refractivity contribution in [2.75, 3.05) is 0 Å². The average molecular weight is 367 g/mol. The Hall–Kier alpha value is -2.80. The molecule has 0 aliphatic heterocycles. The van der Waals surface area contributed by atoms with Crippen molar-refractivity contribution in [2.45, 2.75) is 31.7 Å². The van der Waals surface area contributed by atoms with Crippen LogP contribution in [0.25, 0.3) is 33.9 Å². The van der Waals surface area contributed by atoms with Gasteiger partial charge in [-0.3, -0.25) is 0 Å². The highest BCUT2D eigenvalue weighted by Crippen LogP contribution is 2.32. The van der Waals surface area contributed by atoms with E-state index in [9.17, 15) is 0 Å². The molecule has 130 valence electrons. The third kappa shape index (κ3) is 2.55. The maximum absolute atomic E-state index is 6.10. The van der Waals surface area contributed by atoms with Gasteiger partial charge in [-0.25, -0.2) is 9.67 Å². The minimum atomic E-state index is 0.342. The highest BCUT2D eigenvalue weighted by Gasteiger charge is 2.21. The summed E-state index contributed by atoms with van der Waals surface area (Å²) in [5, 5.41) is 13.0. The van der Waals surface area contributed by atoms with Crippen LogP contribution < -0.4 is 0 Å². The second kappa shape index (κ2) is 6.17. The summed E-state index contributed by atoms with van der Waals surface area (Å²) in [6, 6.07) is 9.94. The molecule has 0 unspecified atom stereocenters. The molecule has 1 aliphatic rings. The van der Waals surface area contributed by atoms with Crippen LogP contribution in [-0.4, -0.2) is 30.1 Å². The molecule has 8 heteroatoms. The summed E-state index contributed by atoms with van der Waals surface area (Å²) in [4.78, 5) is 8.49. The molecule has 0 atom stereocenters. The Bertz CT molecular complexity index is 1080. The molecule has 0 N–H and O–H groups in total. The van der Waals surface area contributed by atoms with Gasteiger partial charge >= 0.3 is 0 Å². The summed E-state index contributed by atoms with van der Waals surface area (Å²) in [7, 11) is 0. The quantitative estimate of drug-likeness (QED) is 0.502. The summed E-state index contributed by atoms with van der Waals surface area (Å²) in [6.45, 7) is 0. The second-order valence-electron chi connectivity index (χ2n) is 6.44. The molecule has 1 aliphatic carbocycles. The molecule has 0 bridgehead atoms. The number of hydrogen-bond donors (Lipinski definition) is 0. The van der Waals surface area contributed by atoms with E-state index < -0.39 is 0 Å². The Morgan fingerprint density at radius 1 is 1.15 bits per heavy atom. The standard InChI is InChI=1S/C18H15ClN6O/c19-16-13(6-3-9-20-16)17-21-18(26-23-17)11-7-8-15-14(10-11)22-24-25(15)12-4-1-2-5-12/h3,6-10,12H,1-2,4-5H2. The molecule has 0 amide bonds. The predicted octanol–water partition coefficient (Wildman–Crippen LogP) is 4.31. The summed E-state index contributed by atoms with van der Waals surface area (Å²) in [5.74, 6) is 0.824.